The van der Waals surface area contributed by atoms with Crippen molar-refractivity contribution in [3.63, 3.8) is 0 Å². The highest BCUT2D eigenvalue weighted by atomic mass is 32.2. The molecule has 1 rings (SSSR count). The van der Waals surface area contributed by atoms with Crippen LogP contribution < -0.4 is 10.5 Å². The van der Waals surface area contributed by atoms with Crippen LogP contribution in [0, 0.1) is 10.1 Å². The van der Waals surface area contributed by atoms with E-state index in [1.807, 2.05) is 19.0 Å². The number of rotatable bonds is 9. The predicted octanol–water partition coefficient (Wildman–Crippen LogP) is 0.0950. The minimum atomic E-state index is -3.81. The Morgan fingerprint density at radius 2 is 2.14 bits per heavy atom. The van der Waals surface area contributed by atoms with Gasteiger partial charge in [0.2, 0.25) is 10.0 Å². The number of anilines is 1. The molecule has 120 valence electrons. The Hall–Kier alpha value is -1.27. The number of sulfonamides is 1. The maximum Gasteiger partial charge on any atom is 0.304 e. The van der Waals surface area contributed by atoms with Crippen molar-refractivity contribution in [2.24, 2.45) is 0 Å². The lowest BCUT2D eigenvalue weighted by atomic mass is 10.5. The predicted molar refractivity (Wildman–Crippen MR) is 79.9 cm³/mol. The average Bonchev–Trinajstić information content (AvgIpc) is 2.76. The summed E-state index contributed by atoms with van der Waals surface area (Å²) in [5.74, 6) is 0. The SMILES string of the molecule is CN(C)CCOCCNS(=O)(=O)c1cc([N+](=O)[O-])c(N)s1. The second kappa shape index (κ2) is 7.66. The van der Waals surface area contributed by atoms with Crippen LogP contribution in [0.25, 0.3) is 0 Å². The molecule has 0 spiro atoms. The molecule has 1 aromatic heterocycles. The fraction of sp³-hybridized carbons (Fsp3) is 0.600. The molecule has 1 heterocycles. The van der Waals surface area contributed by atoms with Gasteiger partial charge < -0.3 is 15.4 Å². The Kier molecular flexibility index (Phi) is 6.48. The first-order valence-corrected chi connectivity index (χ1v) is 8.30. The number of nitrogens with one attached hydrogen (secondary N) is 1. The monoisotopic (exact) mass is 338 g/mol. The van der Waals surface area contributed by atoms with E-state index < -0.39 is 20.6 Å². The van der Waals surface area contributed by atoms with Crippen molar-refractivity contribution in [1.29, 1.82) is 0 Å². The van der Waals surface area contributed by atoms with Crippen LogP contribution in [0.15, 0.2) is 10.3 Å². The molecule has 0 saturated carbocycles. The molecule has 1 aromatic rings. The highest BCUT2D eigenvalue weighted by Gasteiger charge is 2.24. The third-order valence-corrected chi connectivity index (χ3v) is 5.29. The smallest absolute Gasteiger partial charge is 0.304 e. The molecule has 0 saturated heterocycles. The van der Waals surface area contributed by atoms with Gasteiger partial charge >= 0.3 is 5.69 Å². The number of nitrogens with two attached hydrogens (primary N) is 1. The summed E-state index contributed by atoms with van der Waals surface area (Å²) in [5.41, 5.74) is 5.02. The summed E-state index contributed by atoms with van der Waals surface area (Å²) in [6.45, 7) is 1.53. The van der Waals surface area contributed by atoms with Crippen LogP contribution >= 0.6 is 11.3 Å². The van der Waals surface area contributed by atoms with E-state index in [9.17, 15) is 18.5 Å². The molecular formula is C10H18N4O5S2. The second-order valence-corrected chi connectivity index (χ2v) is 7.46. The van der Waals surface area contributed by atoms with E-state index >= 15 is 0 Å². The zero-order valence-corrected chi connectivity index (χ0v) is 13.4. The third kappa shape index (κ3) is 5.55. The van der Waals surface area contributed by atoms with Crippen molar-refractivity contribution in [2.45, 2.75) is 4.21 Å². The molecular weight excluding hydrogens is 320 g/mol. The molecule has 0 radical (unpaired) electrons. The van der Waals surface area contributed by atoms with Crippen molar-refractivity contribution in [2.75, 3.05) is 46.1 Å². The van der Waals surface area contributed by atoms with E-state index in [-0.39, 0.29) is 22.4 Å². The molecule has 0 unspecified atom stereocenters. The lowest BCUT2D eigenvalue weighted by Gasteiger charge is -2.10. The maximum absolute atomic E-state index is 11.9. The van der Waals surface area contributed by atoms with Gasteiger partial charge in [0.25, 0.3) is 0 Å². The number of nitrogens with zero attached hydrogens (tertiary/aromatic N) is 2. The van der Waals surface area contributed by atoms with Crippen molar-refractivity contribution in [3.8, 4) is 0 Å². The summed E-state index contributed by atoms with van der Waals surface area (Å²) >= 11 is 0.660. The summed E-state index contributed by atoms with van der Waals surface area (Å²) in [4.78, 5) is 11.9. The van der Waals surface area contributed by atoms with E-state index in [0.717, 1.165) is 12.6 Å². The van der Waals surface area contributed by atoms with Crippen LogP contribution in [-0.2, 0) is 14.8 Å². The normalized spacial score (nSPS) is 12.0. The molecule has 0 aliphatic rings. The van der Waals surface area contributed by atoms with Gasteiger partial charge in [0.05, 0.1) is 18.1 Å². The number of hydrogen-bond donors (Lipinski definition) is 2. The summed E-state index contributed by atoms with van der Waals surface area (Å²) in [7, 11) is 0.000566. The lowest BCUT2D eigenvalue weighted by Crippen LogP contribution is -2.28. The molecule has 0 bridgehead atoms. The van der Waals surface area contributed by atoms with Crippen molar-refractivity contribution in [3.05, 3.63) is 16.2 Å². The van der Waals surface area contributed by atoms with E-state index in [1.165, 1.54) is 0 Å². The van der Waals surface area contributed by atoms with Crippen LogP contribution in [-0.4, -0.2) is 58.6 Å². The Labute approximate surface area is 126 Å². The van der Waals surface area contributed by atoms with Gasteiger partial charge in [-0.15, -0.1) is 0 Å². The van der Waals surface area contributed by atoms with Crippen LogP contribution in [0.4, 0.5) is 10.7 Å². The van der Waals surface area contributed by atoms with E-state index in [1.54, 1.807) is 0 Å². The first-order valence-electron chi connectivity index (χ1n) is 6.00. The van der Waals surface area contributed by atoms with Gasteiger partial charge in [-0.3, -0.25) is 10.1 Å². The van der Waals surface area contributed by atoms with E-state index in [2.05, 4.69) is 4.72 Å². The number of ether oxygens (including phenoxy) is 1. The number of thiophene rings is 1. The number of hydrogen-bond acceptors (Lipinski definition) is 8. The molecule has 0 atom stereocenters. The zero-order valence-electron chi connectivity index (χ0n) is 11.7. The van der Waals surface area contributed by atoms with E-state index in [4.69, 9.17) is 10.5 Å². The molecule has 0 aromatic carbocycles. The van der Waals surface area contributed by atoms with Gasteiger partial charge in [0, 0.05) is 19.2 Å². The molecule has 0 fully saturated rings. The molecule has 0 aliphatic heterocycles. The van der Waals surface area contributed by atoms with Gasteiger partial charge in [0.15, 0.2) is 5.00 Å². The zero-order chi connectivity index (χ0) is 16.0. The van der Waals surface area contributed by atoms with Crippen LogP contribution in [0.1, 0.15) is 0 Å². The van der Waals surface area contributed by atoms with Gasteiger partial charge in [0.1, 0.15) is 4.21 Å². The maximum atomic E-state index is 11.9. The van der Waals surface area contributed by atoms with Crippen molar-refractivity contribution in [1.82, 2.24) is 9.62 Å². The Bertz CT molecular complexity index is 584. The first kappa shape index (κ1) is 17.8. The largest absolute Gasteiger partial charge is 0.385 e. The standard InChI is InChI=1S/C10H18N4O5S2/c1-13(2)4-6-19-5-3-12-21(17,18)9-7-8(14(15)16)10(11)20-9/h7,12H,3-6,11H2,1-2H3. The van der Waals surface area contributed by atoms with Crippen LogP contribution in [0.2, 0.25) is 0 Å². The lowest BCUT2D eigenvalue weighted by molar-refractivity contribution is -0.383. The average molecular weight is 338 g/mol. The Balaban J connectivity index is 2.50. The van der Waals surface area contributed by atoms with Crippen molar-refractivity contribution >= 4 is 32.0 Å². The Morgan fingerprint density at radius 1 is 1.48 bits per heavy atom. The van der Waals surface area contributed by atoms with Crippen molar-refractivity contribution < 1.29 is 18.1 Å². The van der Waals surface area contributed by atoms with Gasteiger partial charge in [-0.05, 0) is 14.1 Å². The number of likely N-dealkylation sites (N-methyl/N-ethyl adjacent to an activating group) is 1. The minimum Gasteiger partial charge on any atom is -0.385 e. The van der Waals surface area contributed by atoms with Gasteiger partial charge in [-0.2, -0.15) is 0 Å². The Morgan fingerprint density at radius 3 is 2.67 bits per heavy atom. The molecule has 9 nitrogen and oxygen atoms in total. The number of nitrogen functional groups attached to an aromatic ring is 1. The van der Waals surface area contributed by atoms with Gasteiger partial charge in [-0.1, -0.05) is 11.3 Å². The summed E-state index contributed by atoms with van der Waals surface area (Å²) in [6.07, 6.45) is 0. The minimum absolute atomic E-state index is 0.0847. The number of nitro groups is 1. The third-order valence-electron chi connectivity index (χ3n) is 2.40. The van der Waals surface area contributed by atoms with Crippen LogP contribution in [0.3, 0.4) is 0 Å². The fourth-order valence-electron chi connectivity index (χ4n) is 1.32. The highest BCUT2D eigenvalue weighted by molar-refractivity contribution is 7.91. The van der Waals surface area contributed by atoms with E-state index in [0.29, 0.717) is 17.9 Å². The quantitative estimate of drug-likeness (QED) is 0.371. The molecule has 11 heteroatoms. The summed E-state index contributed by atoms with van der Waals surface area (Å²) in [5, 5.41) is 10.5. The highest BCUT2D eigenvalue weighted by Crippen LogP contribution is 2.34. The summed E-state index contributed by atoms with van der Waals surface area (Å²) < 4.78 is 31.2. The fourth-order valence-corrected chi connectivity index (χ4v) is 3.59. The molecule has 3 N–H and O–H groups in total. The van der Waals surface area contributed by atoms with Gasteiger partial charge in [-0.25, -0.2) is 13.1 Å². The first-order chi connectivity index (χ1) is 9.74. The summed E-state index contributed by atoms with van der Waals surface area (Å²) in [6, 6.07) is 0.954. The molecule has 21 heavy (non-hydrogen) atoms. The molecule has 0 aliphatic carbocycles. The second-order valence-electron chi connectivity index (χ2n) is 4.39. The molecule has 0 amide bonds. The van der Waals surface area contributed by atoms with Crippen LogP contribution in [0.5, 0.6) is 0 Å². The topological polar surface area (TPSA) is 128 Å².